The van der Waals surface area contributed by atoms with Crippen molar-refractivity contribution in [2.24, 2.45) is 5.92 Å². The number of halogens is 1. The van der Waals surface area contributed by atoms with Crippen molar-refractivity contribution in [1.29, 1.82) is 0 Å². The number of nitrogens with zero attached hydrogens (tertiary/aromatic N) is 1. The summed E-state index contributed by atoms with van der Waals surface area (Å²) in [5.74, 6) is 0.201. The van der Waals surface area contributed by atoms with Crippen molar-refractivity contribution >= 4 is 17.3 Å². The quantitative estimate of drug-likeness (QED) is 0.801. The highest BCUT2D eigenvalue weighted by atomic mass is 19.1. The van der Waals surface area contributed by atoms with Gasteiger partial charge in [-0.1, -0.05) is 0 Å². The number of likely N-dealkylation sites (N-methyl/N-ethyl adjacent to an activating group) is 1. The van der Waals surface area contributed by atoms with E-state index in [9.17, 15) is 9.18 Å². The summed E-state index contributed by atoms with van der Waals surface area (Å²) >= 11 is 0. The van der Waals surface area contributed by atoms with E-state index in [2.05, 4.69) is 5.32 Å². The third-order valence-corrected chi connectivity index (χ3v) is 3.56. The van der Waals surface area contributed by atoms with E-state index in [0.717, 1.165) is 12.5 Å². The van der Waals surface area contributed by atoms with Crippen LogP contribution in [-0.2, 0) is 4.79 Å². The van der Waals surface area contributed by atoms with E-state index in [-0.39, 0.29) is 17.6 Å². The number of hydrogen-bond acceptors (Lipinski definition) is 3. The number of amides is 1. The molecule has 0 aliphatic heterocycles. The van der Waals surface area contributed by atoms with Crippen LogP contribution in [0.4, 0.5) is 15.8 Å². The summed E-state index contributed by atoms with van der Waals surface area (Å²) in [6.07, 6.45) is 2.51. The maximum atomic E-state index is 12.9. The van der Waals surface area contributed by atoms with Crippen LogP contribution in [0, 0.1) is 11.7 Å². The molecule has 1 saturated carbocycles. The lowest BCUT2D eigenvalue weighted by molar-refractivity contribution is -0.120. The van der Waals surface area contributed by atoms with Crippen LogP contribution in [0.3, 0.4) is 0 Å². The molecule has 0 bridgehead atoms. The van der Waals surface area contributed by atoms with Crippen LogP contribution in [-0.4, -0.2) is 30.4 Å². The first-order valence-electron chi connectivity index (χ1n) is 6.53. The highest BCUT2D eigenvalue weighted by Crippen LogP contribution is 2.30. The summed E-state index contributed by atoms with van der Waals surface area (Å²) in [6.45, 7) is 2.80. The van der Waals surface area contributed by atoms with Crippen molar-refractivity contribution in [1.82, 2.24) is 4.90 Å². The molecular weight excluding hydrogens is 245 g/mol. The number of nitrogens with two attached hydrogens (primary N) is 1. The minimum absolute atomic E-state index is 0.124. The summed E-state index contributed by atoms with van der Waals surface area (Å²) in [5, 5.41) is 2.74. The van der Waals surface area contributed by atoms with E-state index in [1.54, 1.807) is 0 Å². The predicted molar refractivity (Wildman–Crippen MR) is 74.3 cm³/mol. The minimum Gasteiger partial charge on any atom is -0.397 e. The second-order valence-electron chi connectivity index (χ2n) is 5.28. The smallest absolute Gasteiger partial charge is 0.241 e. The van der Waals surface area contributed by atoms with Crippen LogP contribution < -0.4 is 11.1 Å². The molecule has 2 rings (SSSR count). The van der Waals surface area contributed by atoms with Gasteiger partial charge in [0.1, 0.15) is 5.82 Å². The van der Waals surface area contributed by atoms with Crippen LogP contribution >= 0.6 is 0 Å². The normalized spacial score (nSPS) is 16.4. The van der Waals surface area contributed by atoms with Gasteiger partial charge >= 0.3 is 0 Å². The van der Waals surface area contributed by atoms with Gasteiger partial charge in [-0.2, -0.15) is 0 Å². The van der Waals surface area contributed by atoms with E-state index >= 15 is 0 Å². The number of benzene rings is 1. The molecule has 1 aliphatic rings. The number of hydrogen-bond donors (Lipinski definition) is 2. The van der Waals surface area contributed by atoms with Crippen molar-refractivity contribution in [3.05, 3.63) is 24.0 Å². The van der Waals surface area contributed by atoms with Crippen LogP contribution in [0.1, 0.15) is 19.8 Å². The third-order valence-electron chi connectivity index (χ3n) is 3.56. The Kier molecular flexibility index (Phi) is 4.04. The maximum Gasteiger partial charge on any atom is 0.241 e. The third kappa shape index (κ3) is 3.67. The van der Waals surface area contributed by atoms with Gasteiger partial charge in [0, 0.05) is 6.54 Å². The zero-order chi connectivity index (χ0) is 14.0. The fourth-order valence-corrected chi connectivity index (χ4v) is 1.95. The number of nitrogens with one attached hydrogen (secondary N) is 1. The first kappa shape index (κ1) is 13.8. The zero-order valence-corrected chi connectivity index (χ0v) is 11.3. The van der Waals surface area contributed by atoms with E-state index in [4.69, 9.17) is 5.73 Å². The lowest BCUT2D eigenvalue weighted by Gasteiger charge is -2.24. The van der Waals surface area contributed by atoms with Crippen molar-refractivity contribution in [3.63, 3.8) is 0 Å². The molecular formula is C14H20FN3O. The molecule has 0 heterocycles. The summed E-state index contributed by atoms with van der Waals surface area (Å²) in [4.78, 5) is 14.1. The van der Waals surface area contributed by atoms with Gasteiger partial charge in [0.2, 0.25) is 5.91 Å². The summed E-state index contributed by atoms with van der Waals surface area (Å²) < 4.78 is 12.9. The van der Waals surface area contributed by atoms with Crippen LogP contribution in [0.15, 0.2) is 18.2 Å². The summed E-state index contributed by atoms with van der Waals surface area (Å²) in [6, 6.07) is 3.74. The Morgan fingerprint density at radius 3 is 2.84 bits per heavy atom. The van der Waals surface area contributed by atoms with Crippen LogP contribution in [0.2, 0.25) is 0 Å². The SMILES string of the molecule is CC(C(=O)Nc1ccc(F)cc1N)N(C)CC1CC1. The molecule has 0 saturated heterocycles. The largest absolute Gasteiger partial charge is 0.397 e. The van der Waals surface area contributed by atoms with Crippen molar-refractivity contribution < 1.29 is 9.18 Å². The summed E-state index contributed by atoms with van der Waals surface area (Å²) in [5.41, 5.74) is 6.37. The Hall–Kier alpha value is -1.62. The highest BCUT2D eigenvalue weighted by molar-refractivity contribution is 5.97. The van der Waals surface area contributed by atoms with Crippen LogP contribution in [0.5, 0.6) is 0 Å². The van der Waals surface area contributed by atoms with Gasteiger partial charge in [-0.3, -0.25) is 9.69 Å². The van der Waals surface area contributed by atoms with E-state index < -0.39 is 5.82 Å². The average Bonchev–Trinajstić information content (AvgIpc) is 3.15. The molecule has 5 heteroatoms. The van der Waals surface area contributed by atoms with E-state index in [1.807, 2.05) is 18.9 Å². The first-order valence-corrected chi connectivity index (χ1v) is 6.53. The van der Waals surface area contributed by atoms with E-state index in [1.165, 1.54) is 31.0 Å². The molecule has 0 aromatic heterocycles. The molecule has 4 nitrogen and oxygen atoms in total. The monoisotopic (exact) mass is 265 g/mol. The first-order chi connectivity index (χ1) is 8.97. The Morgan fingerprint density at radius 2 is 2.26 bits per heavy atom. The molecule has 1 fully saturated rings. The summed E-state index contributed by atoms with van der Waals surface area (Å²) in [7, 11) is 1.94. The molecule has 19 heavy (non-hydrogen) atoms. The predicted octanol–water partition coefficient (Wildman–Crippen LogP) is 2.08. The standard InChI is InChI=1S/C14H20FN3O/c1-9(18(2)8-10-3-4-10)14(19)17-13-6-5-11(15)7-12(13)16/h5-7,9-10H,3-4,8,16H2,1-2H3,(H,17,19). The van der Waals surface area contributed by atoms with Gasteiger partial charge in [0.15, 0.2) is 0 Å². The fraction of sp³-hybridized carbons (Fsp3) is 0.500. The van der Waals surface area contributed by atoms with Crippen molar-refractivity contribution in [2.45, 2.75) is 25.8 Å². The molecule has 1 unspecified atom stereocenters. The van der Waals surface area contributed by atoms with Gasteiger partial charge in [-0.15, -0.1) is 0 Å². The Labute approximate surface area is 112 Å². The topological polar surface area (TPSA) is 58.4 Å². The lowest BCUT2D eigenvalue weighted by Crippen LogP contribution is -2.40. The zero-order valence-electron chi connectivity index (χ0n) is 11.3. The van der Waals surface area contributed by atoms with Crippen molar-refractivity contribution in [2.75, 3.05) is 24.6 Å². The van der Waals surface area contributed by atoms with Crippen LogP contribution in [0.25, 0.3) is 0 Å². The highest BCUT2D eigenvalue weighted by Gasteiger charge is 2.27. The lowest BCUT2D eigenvalue weighted by atomic mass is 10.2. The molecule has 3 N–H and O–H groups in total. The molecule has 1 aromatic carbocycles. The average molecular weight is 265 g/mol. The number of anilines is 2. The molecule has 0 radical (unpaired) electrons. The molecule has 1 amide bonds. The molecule has 0 spiro atoms. The minimum atomic E-state index is -0.408. The van der Waals surface area contributed by atoms with Gasteiger partial charge in [0.05, 0.1) is 17.4 Å². The van der Waals surface area contributed by atoms with Gasteiger partial charge in [-0.25, -0.2) is 4.39 Å². The Bertz CT molecular complexity index is 474. The molecule has 104 valence electrons. The van der Waals surface area contributed by atoms with Gasteiger partial charge in [0.25, 0.3) is 0 Å². The number of carbonyl (C=O) groups is 1. The Balaban J connectivity index is 1.95. The molecule has 1 aliphatic carbocycles. The van der Waals surface area contributed by atoms with Crippen molar-refractivity contribution in [3.8, 4) is 0 Å². The fourth-order valence-electron chi connectivity index (χ4n) is 1.95. The second-order valence-corrected chi connectivity index (χ2v) is 5.28. The van der Waals surface area contributed by atoms with Gasteiger partial charge in [-0.05, 0) is 50.9 Å². The maximum absolute atomic E-state index is 12.9. The molecule has 1 aromatic rings. The number of rotatable bonds is 5. The second kappa shape index (κ2) is 5.57. The molecule has 1 atom stereocenters. The number of carbonyl (C=O) groups excluding carboxylic acids is 1. The Morgan fingerprint density at radius 1 is 1.58 bits per heavy atom. The number of nitrogen functional groups attached to an aromatic ring is 1. The van der Waals surface area contributed by atoms with Gasteiger partial charge < -0.3 is 11.1 Å². The van der Waals surface area contributed by atoms with E-state index in [0.29, 0.717) is 5.69 Å².